The molecule has 6 heteroatoms. The fourth-order valence-corrected chi connectivity index (χ4v) is 5.02. The number of piperidine rings is 1. The van der Waals surface area contributed by atoms with Gasteiger partial charge in [-0.05, 0) is 48.5 Å². The highest BCUT2D eigenvalue weighted by Gasteiger charge is 2.16. The molecule has 0 amide bonds. The molecule has 0 bridgehead atoms. The van der Waals surface area contributed by atoms with Crippen LogP contribution in [0.4, 0.5) is 0 Å². The van der Waals surface area contributed by atoms with Crippen LogP contribution >= 0.6 is 23.7 Å². The lowest BCUT2D eigenvalue weighted by Gasteiger charge is -2.27. The SMILES string of the molecule is Cl.O=c1c2sccc2nc(-c2ccc(-c3ccccc3)cc2)n1CCN1CCCCC1. The lowest BCUT2D eigenvalue weighted by atomic mass is 10.0. The highest BCUT2D eigenvalue weighted by molar-refractivity contribution is 7.17. The van der Waals surface area contributed by atoms with Crippen LogP contribution in [0.1, 0.15) is 19.3 Å². The lowest BCUT2D eigenvalue weighted by Crippen LogP contribution is -2.35. The van der Waals surface area contributed by atoms with E-state index in [1.165, 1.54) is 36.2 Å². The van der Waals surface area contributed by atoms with E-state index in [1.807, 2.05) is 34.2 Å². The lowest BCUT2D eigenvalue weighted by molar-refractivity contribution is 0.220. The molecule has 0 saturated carbocycles. The van der Waals surface area contributed by atoms with Gasteiger partial charge in [0.2, 0.25) is 0 Å². The predicted molar refractivity (Wildman–Crippen MR) is 132 cm³/mol. The van der Waals surface area contributed by atoms with Gasteiger partial charge in [0.15, 0.2) is 0 Å². The van der Waals surface area contributed by atoms with Gasteiger partial charge in [-0.1, -0.05) is 61.0 Å². The molecule has 2 aromatic carbocycles. The summed E-state index contributed by atoms with van der Waals surface area (Å²) < 4.78 is 2.63. The summed E-state index contributed by atoms with van der Waals surface area (Å²) in [7, 11) is 0. The second-order valence-corrected chi connectivity index (χ2v) is 8.79. The smallest absolute Gasteiger partial charge is 0.271 e. The van der Waals surface area contributed by atoms with Gasteiger partial charge >= 0.3 is 0 Å². The van der Waals surface area contributed by atoms with E-state index in [0.717, 1.165) is 46.8 Å². The van der Waals surface area contributed by atoms with Gasteiger partial charge < -0.3 is 4.90 Å². The van der Waals surface area contributed by atoms with Gasteiger partial charge in [0, 0.05) is 18.7 Å². The standard InChI is InChI=1S/C25H25N3OS.ClH/c29-25-23-22(13-18-30-23)26-24(28(25)17-16-27-14-5-2-6-15-27)21-11-9-20(10-12-21)19-7-3-1-4-8-19;/h1,3-4,7-13,18H,2,5-6,14-17H2;1H. The average Bonchev–Trinajstić information content (AvgIpc) is 3.29. The molecule has 0 radical (unpaired) electrons. The van der Waals surface area contributed by atoms with E-state index < -0.39 is 0 Å². The number of thiophene rings is 1. The van der Waals surface area contributed by atoms with E-state index >= 15 is 0 Å². The molecule has 0 atom stereocenters. The van der Waals surface area contributed by atoms with Crippen LogP contribution in [0, 0.1) is 0 Å². The average molecular weight is 452 g/mol. The van der Waals surface area contributed by atoms with Crippen LogP contribution in [0.2, 0.25) is 0 Å². The van der Waals surface area contributed by atoms with Crippen molar-refractivity contribution in [1.29, 1.82) is 0 Å². The van der Waals surface area contributed by atoms with Crippen molar-refractivity contribution in [3.63, 3.8) is 0 Å². The van der Waals surface area contributed by atoms with Gasteiger partial charge in [0.1, 0.15) is 10.5 Å². The second-order valence-electron chi connectivity index (χ2n) is 7.87. The van der Waals surface area contributed by atoms with E-state index in [4.69, 9.17) is 4.98 Å². The Hall–Kier alpha value is -2.47. The Morgan fingerprint density at radius 2 is 1.48 bits per heavy atom. The maximum Gasteiger partial charge on any atom is 0.271 e. The zero-order valence-electron chi connectivity index (χ0n) is 17.4. The molecule has 1 aliphatic heterocycles. The van der Waals surface area contributed by atoms with E-state index in [9.17, 15) is 4.79 Å². The molecular formula is C25H26ClN3OS. The largest absolute Gasteiger partial charge is 0.302 e. The quantitative estimate of drug-likeness (QED) is 0.390. The third-order valence-corrected chi connectivity index (χ3v) is 6.80. The molecule has 160 valence electrons. The Balaban J connectivity index is 0.00000231. The zero-order chi connectivity index (χ0) is 20.3. The van der Waals surface area contributed by atoms with Crippen molar-refractivity contribution < 1.29 is 0 Å². The third-order valence-electron chi connectivity index (χ3n) is 5.90. The fourth-order valence-electron chi connectivity index (χ4n) is 4.24. The number of hydrogen-bond donors (Lipinski definition) is 0. The van der Waals surface area contributed by atoms with Crippen molar-refractivity contribution in [2.24, 2.45) is 0 Å². The minimum Gasteiger partial charge on any atom is -0.302 e. The van der Waals surface area contributed by atoms with Crippen LogP contribution in [-0.2, 0) is 6.54 Å². The predicted octanol–water partition coefficient (Wildman–Crippen LogP) is 5.70. The number of hydrogen-bond acceptors (Lipinski definition) is 4. The van der Waals surface area contributed by atoms with Crippen molar-refractivity contribution >= 4 is 34.0 Å². The Bertz CT molecular complexity index is 1200. The maximum atomic E-state index is 13.3. The van der Waals surface area contributed by atoms with Gasteiger partial charge in [0.25, 0.3) is 5.56 Å². The summed E-state index contributed by atoms with van der Waals surface area (Å²) >= 11 is 1.48. The Kier molecular flexibility index (Phi) is 6.86. The summed E-state index contributed by atoms with van der Waals surface area (Å²) in [6.45, 7) is 3.83. The molecular weight excluding hydrogens is 426 g/mol. The highest BCUT2D eigenvalue weighted by Crippen LogP contribution is 2.25. The molecule has 1 saturated heterocycles. The summed E-state index contributed by atoms with van der Waals surface area (Å²) in [6.07, 6.45) is 3.83. The van der Waals surface area contributed by atoms with E-state index in [2.05, 4.69) is 41.3 Å². The summed E-state index contributed by atoms with van der Waals surface area (Å²) in [5.41, 5.74) is 4.21. The van der Waals surface area contributed by atoms with Crippen molar-refractivity contribution in [2.45, 2.75) is 25.8 Å². The monoisotopic (exact) mass is 451 g/mol. The van der Waals surface area contributed by atoms with Gasteiger partial charge in [-0.25, -0.2) is 4.98 Å². The molecule has 31 heavy (non-hydrogen) atoms. The molecule has 5 rings (SSSR count). The molecule has 4 nitrogen and oxygen atoms in total. The minimum atomic E-state index is 0. The molecule has 1 aliphatic rings. The van der Waals surface area contributed by atoms with Crippen molar-refractivity contribution in [3.05, 3.63) is 76.4 Å². The third kappa shape index (κ3) is 4.59. The molecule has 0 spiro atoms. The molecule has 0 unspecified atom stereocenters. The van der Waals surface area contributed by atoms with Crippen molar-refractivity contribution in [3.8, 4) is 22.5 Å². The maximum absolute atomic E-state index is 13.3. The van der Waals surface area contributed by atoms with E-state index in [1.54, 1.807) is 0 Å². The Morgan fingerprint density at radius 3 is 2.23 bits per heavy atom. The number of nitrogens with zero attached hydrogens (tertiary/aromatic N) is 3. The zero-order valence-corrected chi connectivity index (χ0v) is 19.0. The van der Waals surface area contributed by atoms with Crippen LogP contribution < -0.4 is 5.56 Å². The number of likely N-dealkylation sites (tertiary alicyclic amines) is 1. The molecule has 0 N–H and O–H groups in total. The van der Waals surface area contributed by atoms with Crippen molar-refractivity contribution in [2.75, 3.05) is 19.6 Å². The van der Waals surface area contributed by atoms with Crippen LogP contribution in [0.15, 0.2) is 70.8 Å². The molecule has 4 aromatic rings. The molecule has 0 aliphatic carbocycles. The number of rotatable bonds is 5. The van der Waals surface area contributed by atoms with Gasteiger partial charge in [-0.2, -0.15) is 0 Å². The fraction of sp³-hybridized carbons (Fsp3) is 0.280. The molecule has 2 aromatic heterocycles. The van der Waals surface area contributed by atoms with Gasteiger partial charge in [0.05, 0.1) is 5.52 Å². The highest BCUT2D eigenvalue weighted by atomic mass is 35.5. The Morgan fingerprint density at radius 1 is 0.806 bits per heavy atom. The number of halogens is 1. The van der Waals surface area contributed by atoms with Crippen LogP contribution in [0.5, 0.6) is 0 Å². The summed E-state index contributed by atoms with van der Waals surface area (Å²) in [5, 5.41) is 1.95. The first-order valence-electron chi connectivity index (χ1n) is 10.7. The van der Waals surface area contributed by atoms with Gasteiger partial charge in [-0.15, -0.1) is 23.7 Å². The topological polar surface area (TPSA) is 38.1 Å². The number of benzene rings is 2. The molecule has 3 heterocycles. The van der Waals surface area contributed by atoms with E-state index in [0.29, 0.717) is 6.54 Å². The first-order chi connectivity index (χ1) is 14.8. The number of fused-ring (bicyclic) bond motifs is 1. The van der Waals surface area contributed by atoms with Crippen LogP contribution in [-0.4, -0.2) is 34.1 Å². The normalized spacial score (nSPS) is 14.5. The van der Waals surface area contributed by atoms with Gasteiger partial charge in [-0.3, -0.25) is 9.36 Å². The number of aromatic nitrogens is 2. The molecule has 1 fully saturated rings. The second kappa shape index (κ2) is 9.77. The Labute approximate surface area is 192 Å². The van der Waals surface area contributed by atoms with Crippen LogP contribution in [0.3, 0.4) is 0 Å². The van der Waals surface area contributed by atoms with E-state index in [-0.39, 0.29) is 18.0 Å². The van der Waals surface area contributed by atoms with Crippen LogP contribution in [0.25, 0.3) is 32.7 Å². The first kappa shape index (κ1) is 21.8. The summed E-state index contributed by atoms with van der Waals surface area (Å²) in [4.78, 5) is 20.6. The summed E-state index contributed by atoms with van der Waals surface area (Å²) in [6, 6.07) is 20.7. The summed E-state index contributed by atoms with van der Waals surface area (Å²) in [5.74, 6) is 0.766. The minimum absolute atomic E-state index is 0. The first-order valence-corrected chi connectivity index (χ1v) is 11.5. The van der Waals surface area contributed by atoms with Crippen molar-refractivity contribution in [1.82, 2.24) is 14.5 Å².